The van der Waals surface area contributed by atoms with Crippen LogP contribution in [-0.2, 0) is 4.79 Å². The molecule has 0 fully saturated rings. The summed E-state index contributed by atoms with van der Waals surface area (Å²) in [6, 6.07) is 6.19. The van der Waals surface area contributed by atoms with E-state index in [1.54, 1.807) is 24.3 Å². The zero-order chi connectivity index (χ0) is 16.8. The van der Waals surface area contributed by atoms with Crippen LogP contribution in [0, 0.1) is 0 Å². The lowest BCUT2D eigenvalue weighted by molar-refractivity contribution is -0.121. The van der Waals surface area contributed by atoms with E-state index < -0.39 is 23.2 Å². The first-order valence-corrected chi connectivity index (χ1v) is 6.88. The summed E-state index contributed by atoms with van der Waals surface area (Å²) in [4.78, 5) is 36.2. The van der Waals surface area contributed by atoms with E-state index in [0.29, 0.717) is 10.6 Å². The highest BCUT2D eigenvalue weighted by molar-refractivity contribution is 6.33. The van der Waals surface area contributed by atoms with E-state index in [4.69, 9.17) is 11.6 Å². The van der Waals surface area contributed by atoms with Crippen LogP contribution >= 0.6 is 11.6 Å². The van der Waals surface area contributed by atoms with Crippen molar-refractivity contribution in [3.63, 3.8) is 0 Å². The van der Waals surface area contributed by atoms with E-state index in [9.17, 15) is 14.4 Å². The topological polar surface area (TPSA) is 132 Å². The molecule has 0 saturated heterocycles. The third-order valence-electron chi connectivity index (χ3n) is 2.74. The van der Waals surface area contributed by atoms with E-state index in [2.05, 4.69) is 26.0 Å². The number of aromatic amines is 2. The number of nitrogens with one attached hydrogen (secondary N) is 4. The molecule has 1 atom stereocenters. The average Bonchev–Trinajstić information content (AvgIpc) is 2.51. The van der Waals surface area contributed by atoms with E-state index >= 15 is 0 Å². The lowest BCUT2D eigenvalue weighted by Crippen LogP contribution is -2.38. The Kier molecular flexibility index (Phi) is 5.26. The standard InChI is InChI=1S/C13H13ClN6O3/c1-7(16-10-12(22)17-13(23)20-18-10)11(21)19-15-6-8-4-2-3-5-9(8)14/h2-7H,1H3,(H,16,18)(H,19,21)(H2,17,20,22,23)/b15-6-/t7-/m0/s1. The van der Waals surface area contributed by atoms with Gasteiger partial charge in [-0.25, -0.2) is 15.3 Å². The zero-order valence-electron chi connectivity index (χ0n) is 12.0. The van der Waals surface area contributed by atoms with Crippen molar-refractivity contribution in [1.29, 1.82) is 0 Å². The molecule has 9 nitrogen and oxygen atoms in total. The van der Waals surface area contributed by atoms with Crippen LogP contribution < -0.4 is 22.0 Å². The summed E-state index contributed by atoms with van der Waals surface area (Å²) < 4.78 is 0. The van der Waals surface area contributed by atoms with Crippen LogP contribution in [0.25, 0.3) is 0 Å². The summed E-state index contributed by atoms with van der Waals surface area (Å²) in [5.41, 5.74) is 1.49. The Morgan fingerprint density at radius 3 is 2.83 bits per heavy atom. The third-order valence-corrected chi connectivity index (χ3v) is 3.09. The molecule has 1 aromatic heterocycles. The van der Waals surface area contributed by atoms with Crippen molar-refractivity contribution in [2.24, 2.45) is 5.10 Å². The maximum absolute atomic E-state index is 11.9. The number of hydrazone groups is 1. The molecular weight excluding hydrogens is 324 g/mol. The Labute approximate surface area is 134 Å². The minimum atomic E-state index is -0.808. The van der Waals surface area contributed by atoms with Crippen molar-refractivity contribution in [2.75, 3.05) is 5.32 Å². The number of hydrogen-bond donors (Lipinski definition) is 4. The van der Waals surface area contributed by atoms with Crippen LogP contribution in [0.4, 0.5) is 5.82 Å². The second-order valence-electron chi connectivity index (χ2n) is 4.48. The Morgan fingerprint density at radius 2 is 2.13 bits per heavy atom. The molecule has 2 rings (SSSR count). The van der Waals surface area contributed by atoms with Gasteiger partial charge >= 0.3 is 5.69 Å². The Balaban J connectivity index is 1.96. The predicted octanol–water partition coefficient (Wildman–Crippen LogP) is 0.0623. The molecule has 120 valence electrons. The number of aromatic nitrogens is 3. The van der Waals surface area contributed by atoms with Crippen LogP contribution in [0.5, 0.6) is 0 Å². The minimum absolute atomic E-state index is 0.178. The molecular formula is C13H13ClN6O3. The van der Waals surface area contributed by atoms with Gasteiger partial charge in [0.1, 0.15) is 6.04 Å². The van der Waals surface area contributed by atoms with Gasteiger partial charge in [0.05, 0.1) is 6.21 Å². The number of halogens is 1. The highest BCUT2D eigenvalue weighted by Gasteiger charge is 2.14. The van der Waals surface area contributed by atoms with Crippen LogP contribution in [0.3, 0.4) is 0 Å². The van der Waals surface area contributed by atoms with Gasteiger partial charge in [-0.05, 0) is 13.0 Å². The molecule has 4 N–H and O–H groups in total. The van der Waals surface area contributed by atoms with Gasteiger partial charge in [0.2, 0.25) is 5.82 Å². The fourth-order valence-corrected chi connectivity index (χ4v) is 1.74. The molecule has 0 saturated carbocycles. The summed E-state index contributed by atoms with van der Waals surface area (Å²) >= 11 is 5.95. The maximum atomic E-state index is 11.9. The van der Waals surface area contributed by atoms with Crippen molar-refractivity contribution >= 4 is 29.5 Å². The summed E-state index contributed by atoms with van der Waals surface area (Å²) in [6.07, 6.45) is 1.40. The number of carbonyl (C=O) groups is 1. The number of carbonyl (C=O) groups excluding carboxylic acids is 1. The van der Waals surface area contributed by atoms with Gasteiger partial charge in [0, 0.05) is 10.6 Å². The second-order valence-corrected chi connectivity index (χ2v) is 4.88. The van der Waals surface area contributed by atoms with Crippen LogP contribution in [0.15, 0.2) is 39.0 Å². The minimum Gasteiger partial charge on any atom is -0.353 e. The van der Waals surface area contributed by atoms with Gasteiger partial charge in [-0.15, -0.1) is 5.10 Å². The van der Waals surface area contributed by atoms with Gasteiger partial charge in [-0.3, -0.25) is 14.6 Å². The molecule has 0 aliphatic heterocycles. The second kappa shape index (κ2) is 7.36. The smallest absolute Gasteiger partial charge is 0.342 e. The maximum Gasteiger partial charge on any atom is 0.342 e. The average molecular weight is 337 g/mol. The van der Waals surface area contributed by atoms with Crippen molar-refractivity contribution in [3.8, 4) is 0 Å². The molecule has 0 bridgehead atoms. The van der Waals surface area contributed by atoms with Crippen molar-refractivity contribution in [1.82, 2.24) is 20.6 Å². The molecule has 0 aliphatic carbocycles. The van der Waals surface area contributed by atoms with Crippen LogP contribution in [-0.4, -0.2) is 33.3 Å². The van der Waals surface area contributed by atoms with Crippen molar-refractivity contribution < 1.29 is 4.79 Å². The molecule has 23 heavy (non-hydrogen) atoms. The summed E-state index contributed by atoms with van der Waals surface area (Å²) in [7, 11) is 0. The van der Waals surface area contributed by atoms with Crippen molar-refractivity contribution in [2.45, 2.75) is 13.0 Å². The Morgan fingerprint density at radius 1 is 1.39 bits per heavy atom. The first-order valence-electron chi connectivity index (χ1n) is 6.50. The molecule has 1 aromatic carbocycles. The van der Waals surface area contributed by atoms with E-state index in [0.717, 1.165) is 0 Å². The van der Waals surface area contributed by atoms with E-state index in [1.807, 2.05) is 4.98 Å². The molecule has 2 aromatic rings. The van der Waals surface area contributed by atoms with Gasteiger partial charge in [0.15, 0.2) is 0 Å². The zero-order valence-corrected chi connectivity index (χ0v) is 12.7. The number of anilines is 1. The normalized spacial score (nSPS) is 12.1. The number of H-pyrrole nitrogens is 2. The monoisotopic (exact) mass is 336 g/mol. The molecule has 0 spiro atoms. The summed E-state index contributed by atoms with van der Waals surface area (Å²) in [5, 5.41) is 12.4. The number of nitrogens with zero attached hydrogens (tertiary/aromatic N) is 2. The molecule has 10 heteroatoms. The van der Waals surface area contributed by atoms with Gasteiger partial charge in [0.25, 0.3) is 11.5 Å². The lowest BCUT2D eigenvalue weighted by Gasteiger charge is -2.11. The quantitative estimate of drug-likeness (QED) is 0.453. The first-order chi connectivity index (χ1) is 11.0. The fraction of sp³-hybridized carbons (Fsp3) is 0.154. The van der Waals surface area contributed by atoms with Crippen molar-refractivity contribution in [3.05, 3.63) is 55.7 Å². The van der Waals surface area contributed by atoms with Crippen LogP contribution in [0.1, 0.15) is 12.5 Å². The fourth-order valence-electron chi connectivity index (χ4n) is 1.56. The molecule has 1 heterocycles. The van der Waals surface area contributed by atoms with Gasteiger partial charge in [-0.2, -0.15) is 5.10 Å². The van der Waals surface area contributed by atoms with Gasteiger partial charge in [-0.1, -0.05) is 29.8 Å². The largest absolute Gasteiger partial charge is 0.353 e. The Hall–Kier alpha value is -2.94. The summed E-state index contributed by atoms with van der Waals surface area (Å²) in [5.74, 6) is -0.678. The number of benzene rings is 1. The molecule has 1 amide bonds. The number of rotatable bonds is 5. The summed E-state index contributed by atoms with van der Waals surface area (Å²) in [6.45, 7) is 1.51. The predicted molar refractivity (Wildman–Crippen MR) is 85.8 cm³/mol. The lowest BCUT2D eigenvalue weighted by atomic mass is 10.2. The SMILES string of the molecule is C[C@H](Nc1n[nH]c(=O)[nH]c1=O)C(=O)N/N=C\c1ccccc1Cl. The Bertz CT molecular complexity index is 844. The van der Waals surface area contributed by atoms with Crippen LogP contribution in [0.2, 0.25) is 5.02 Å². The van der Waals surface area contributed by atoms with Gasteiger partial charge < -0.3 is 5.32 Å². The van der Waals surface area contributed by atoms with E-state index in [-0.39, 0.29) is 5.82 Å². The molecule has 0 radical (unpaired) electrons. The third kappa shape index (κ3) is 4.51. The highest BCUT2D eigenvalue weighted by Crippen LogP contribution is 2.11. The first kappa shape index (κ1) is 16.4. The molecule has 0 aliphatic rings. The molecule has 0 unspecified atom stereocenters. The number of hydrogen-bond acceptors (Lipinski definition) is 6. The van der Waals surface area contributed by atoms with E-state index in [1.165, 1.54) is 13.1 Å². The number of amides is 1. The highest BCUT2D eigenvalue weighted by atomic mass is 35.5.